The fourth-order valence-electron chi connectivity index (χ4n) is 2.46. The van der Waals surface area contributed by atoms with Crippen LogP contribution in [0.2, 0.25) is 0 Å². The highest BCUT2D eigenvalue weighted by atomic mass is 16.4. The fourth-order valence-corrected chi connectivity index (χ4v) is 2.46. The lowest BCUT2D eigenvalue weighted by atomic mass is 10.0. The van der Waals surface area contributed by atoms with Gasteiger partial charge in [0.15, 0.2) is 0 Å². The smallest absolute Gasteiger partial charge is 0.342 e. The molecule has 1 aromatic rings. The summed E-state index contributed by atoms with van der Waals surface area (Å²) in [6, 6.07) is 1.33. The number of aliphatic hydroxyl groups is 3. The third-order valence-electron chi connectivity index (χ3n) is 3.89. The van der Waals surface area contributed by atoms with Gasteiger partial charge in [-0.05, 0) is 26.2 Å². The van der Waals surface area contributed by atoms with Crippen LogP contribution in [-0.4, -0.2) is 39.2 Å². The number of hydrogen-bond acceptors (Lipinski definition) is 6. The van der Waals surface area contributed by atoms with Gasteiger partial charge in [0.05, 0.1) is 17.8 Å². The van der Waals surface area contributed by atoms with E-state index in [1.165, 1.54) is 13.0 Å². The van der Waals surface area contributed by atoms with Crippen LogP contribution in [0.25, 0.3) is 0 Å². The normalized spacial score (nSPS) is 13.9. The van der Waals surface area contributed by atoms with Crippen molar-refractivity contribution < 1.29 is 24.8 Å². The molecule has 132 valence electrons. The minimum atomic E-state index is -0.829. The van der Waals surface area contributed by atoms with Gasteiger partial charge >= 0.3 is 5.63 Å². The summed E-state index contributed by atoms with van der Waals surface area (Å²) >= 11 is 0. The zero-order chi connectivity index (χ0) is 17.2. The summed E-state index contributed by atoms with van der Waals surface area (Å²) < 4.78 is 5.00. The molecule has 2 atom stereocenters. The number of aromatic hydroxyl groups is 1. The quantitative estimate of drug-likeness (QED) is 0.460. The van der Waals surface area contributed by atoms with Gasteiger partial charge in [0.25, 0.3) is 0 Å². The van der Waals surface area contributed by atoms with Crippen LogP contribution in [0.3, 0.4) is 0 Å². The van der Waals surface area contributed by atoms with Crippen LogP contribution >= 0.6 is 0 Å². The van der Waals surface area contributed by atoms with Crippen LogP contribution in [0.1, 0.15) is 56.3 Å². The molecule has 0 spiro atoms. The Balaban J connectivity index is 2.30. The van der Waals surface area contributed by atoms with Gasteiger partial charge in [-0.25, -0.2) is 4.79 Å². The average molecular weight is 328 g/mol. The van der Waals surface area contributed by atoms with E-state index in [4.69, 9.17) is 9.52 Å². The molecule has 0 fully saturated rings. The van der Waals surface area contributed by atoms with Crippen molar-refractivity contribution in [3.63, 3.8) is 0 Å². The maximum Gasteiger partial charge on any atom is 0.342 e. The van der Waals surface area contributed by atoms with Crippen molar-refractivity contribution in [3.8, 4) is 5.75 Å². The maximum absolute atomic E-state index is 11.4. The molecule has 23 heavy (non-hydrogen) atoms. The molecule has 0 saturated carbocycles. The highest BCUT2D eigenvalue weighted by molar-refractivity contribution is 5.28. The summed E-state index contributed by atoms with van der Waals surface area (Å²) in [5.41, 5.74) is -0.472. The van der Waals surface area contributed by atoms with Crippen LogP contribution in [0.4, 0.5) is 0 Å². The van der Waals surface area contributed by atoms with Crippen molar-refractivity contribution in [2.45, 2.75) is 70.5 Å². The molecule has 6 heteroatoms. The van der Waals surface area contributed by atoms with Crippen LogP contribution < -0.4 is 5.63 Å². The molecule has 0 bridgehead atoms. The zero-order valence-corrected chi connectivity index (χ0v) is 13.7. The molecule has 0 unspecified atom stereocenters. The lowest BCUT2D eigenvalue weighted by molar-refractivity contribution is 0.0711. The second-order valence-electron chi connectivity index (χ2n) is 6.04. The minimum Gasteiger partial charge on any atom is -0.507 e. The first-order valence-electron chi connectivity index (χ1n) is 8.23. The minimum absolute atomic E-state index is 0.0800. The van der Waals surface area contributed by atoms with E-state index in [1.807, 2.05) is 0 Å². The topological polar surface area (TPSA) is 111 Å². The maximum atomic E-state index is 11.4. The van der Waals surface area contributed by atoms with E-state index in [0.29, 0.717) is 6.42 Å². The van der Waals surface area contributed by atoms with Gasteiger partial charge in [-0.3, -0.25) is 0 Å². The van der Waals surface area contributed by atoms with Crippen LogP contribution in [0.15, 0.2) is 15.3 Å². The molecule has 0 aromatic carbocycles. The van der Waals surface area contributed by atoms with Crippen molar-refractivity contribution in [1.82, 2.24) is 0 Å². The SMILES string of the molecule is Cc1c(O)cc(C[C@@H](O)C[C@H](O)CCCCCCCO)oc1=O. The molecule has 1 heterocycles. The van der Waals surface area contributed by atoms with Crippen molar-refractivity contribution in [2.24, 2.45) is 0 Å². The van der Waals surface area contributed by atoms with Crippen LogP contribution in [0, 0.1) is 6.92 Å². The Morgan fingerprint density at radius 1 is 1.09 bits per heavy atom. The Kier molecular flexibility index (Phi) is 8.91. The molecule has 0 saturated heterocycles. The van der Waals surface area contributed by atoms with Crippen molar-refractivity contribution >= 4 is 0 Å². The first-order valence-corrected chi connectivity index (χ1v) is 8.23. The van der Waals surface area contributed by atoms with Gasteiger partial charge < -0.3 is 24.8 Å². The average Bonchev–Trinajstić information content (AvgIpc) is 2.48. The number of unbranched alkanes of at least 4 members (excludes halogenated alkanes) is 4. The largest absolute Gasteiger partial charge is 0.507 e. The van der Waals surface area contributed by atoms with E-state index in [9.17, 15) is 20.1 Å². The van der Waals surface area contributed by atoms with E-state index in [2.05, 4.69) is 0 Å². The summed E-state index contributed by atoms with van der Waals surface area (Å²) in [5, 5.41) is 38.1. The van der Waals surface area contributed by atoms with E-state index in [0.717, 1.165) is 32.1 Å². The standard InChI is InChI=1S/C17H28O6/c1-12-16(21)11-15(23-17(12)22)10-14(20)9-13(19)7-5-3-2-4-6-8-18/h11,13-14,18-21H,2-10H2,1H3/t13-,14+/m1/s1. The first kappa shape index (κ1) is 19.7. The van der Waals surface area contributed by atoms with Crippen LogP contribution in [0.5, 0.6) is 5.75 Å². The van der Waals surface area contributed by atoms with E-state index >= 15 is 0 Å². The molecular weight excluding hydrogens is 300 g/mol. The Morgan fingerprint density at radius 2 is 1.74 bits per heavy atom. The molecule has 1 aromatic heterocycles. The second kappa shape index (κ2) is 10.4. The van der Waals surface area contributed by atoms with Crippen molar-refractivity contribution in [1.29, 1.82) is 0 Å². The summed E-state index contributed by atoms with van der Waals surface area (Å²) in [4.78, 5) is 11.4. The molecular formula is C17H28O6. The van der Waals surface area contributed by atoms with Gasteiger partial charge in [0.1, 0.15) is 11.5 Å². The van der Waals surface area contributed by atoms with Crippen LogP contribution in [-0.2, 0) is 6.42 Å². The Bertz CT molecular complexity index is 510. The summed E-state index contributed by atoms with van der Waals surface area (Å²) in [7, 11) is 0. The lowest BCUT2D eigenvalue weighted by Gasteiger charge is -2.15. The summed E-state index contributed by atoms with van der Waals surface area (Å²) in [5.74, 6) is 0.0636. The molecule has 4 N–H and O–H groups in total. The molecule has 0 aliphatic heterocycles. The Labute approximate surface area is 136 Å². The highest BCUT2D eigenvalue weighted by Crippen LogP contribution is 2.17. The molecule has 0 aliphatic rings. The van der Waals surface area contributed by atoms with Gasteiger partial charge in [-0.1, -0.05) is 25.7 Å². The molecule has 6 nitrogen and oxygen atoms in total. The summed E-state index contributed by atoms with van der Waals surface area (Å²) in [6.45, 7) is 1.69. The monoisotopic (exact) mass is 328 g/mol. The molecule has 0 amide bonds. The van der Waals surface area contributed by atoms with Crippen molar-refractivity contribution in [2.75, 3.05) is 6.61 Å². The van der Waals surface area contributed by atoms with Gasteiger partial charge in [0, 0.05) is 19.1 Å². The third-order valence-corrected chi connectivity index (χ3v) is 3.89. The predicted octanol–water partition coefficient (Wildman–Crippen LogP) is 1.64. The lowest BCUT2D eigenvalue weighted by Crippen LogP contribution is -2.20. The first-order chi connectivity index (χ1) is 10.9. The molecule has 1 rings (SSSR count). The van der Waals surface area contributed by atoms with Gasteiger partial charge in [-0.2, -0.15) is 0 Å². The van der Waals surface area contributed by atoms with E-state index in [-0.39, 0.29) is 36.5 Å². The van der Waals surface area contributed by atoms with E-state index < -0.39 is 17.8 Å². The molecule has 0 aliphatic carbocycles. The second-order valence-corrected chi connectivity index (χ2v) is 6.04. The number of rotatable bonds is 11. The third kappa shape index (κ3) is 7.63. The zero-order valence-electron chi connectivity index (χ0n) is 13.7. The Morgan fingerprint density at radius 3 is 2.39 bits per heavy atom. The van der Waals surface area contributed by atoms with Gasteiger partial charge in [0.2, 0.25) is 0 Å². The Hall–Kier alpha value is -1.37. The van der Waals surface area contributed by atoms with Crippen molar-refractivity contribution in [3.05, 3.63) is 27.8 Å². The van der Waals surface area contributed by atoms with E-state index in [1.54, 1.807) is 0 Å². The highest BCUT2D eigenvalue weighted by Gasteiger charge is 2.15. The fraction of sp³-hybridized carbons (Fsp3) is 0.706. The van der Waals surface area contributed by atoms with Gasteiger partial charge in [-0.15, -0.1) is 0 Å². The number of aliphatic hydroxyl groups excluding tert-OH is 3. The summed E-state index contributed by atoms with van der Waals surface area (Å²) in [6.07, 6.45) is 4.17. The molecule has 0 radical (unpaired) electrons. The number of hydrogen-bond donors (Lipinski definition) is 4. The predicted molar refractivity (Wildman–Crippen MR) is 86.5 cm³/mol.